The number of rotatable bonds is 4. The van der Waals surface area contributed by atoms with Crippen LogP contribution in [0.4, 0.5) is 5.69 Å². The summed E-state index contributed by atoms with van der Waals surface area (Å²) in [6, 6.07) is 8.50. The van der Waals surface area contributed by atoms with E-state index in [2.05, 4.69) is 36.9 Å². The van der Waals surface area contributed by atoms with Gasteiger partial charge in [0.15, 0.2) is 0 Å². The molecule has 3 heteroatoms. The van der Waals surface area contributed by atoms with Gasteiger partial charge in [-0.2, -0.15) is 0 Å². The fourth-order valence-electron chi connectivity index (χ4n) is 3.19. The smallest absolute Gasteiger partial charge is 0.308 e. The van der Waals surface area contributed by atoms with Gasteiger partial charge in [-0.15, -0.1) is 0 Å². The number of carboxylic acids is 1. The lowest BCUT2D eigenvalue weighted by atomic mass is 9.83. The Hall–Kier alpha value is -1.51. The SMILES string of the molecule is CCN(c1cccc(C)c1)C1CCCCC1C(=O)O. The molecule has 2 atom stereocenters. The maximum absolute atomic E-state index is 11.5. The normalized spacial score (nSPS) is 23.1. The van der Waals surface area contributed by atoms with Crippen molar-refractivity contribution in [2.75, 3.05) is 11.4 Å². The minimum atomic E-state index is -0.643. The van der Waals surface area contributed by atoms with Crippen molar-refractivity contribution in [2.45, 2.75) is 45.6 Å². The average molecular weight is 261 g/mol. The van der Waals surface area contributed by atoms with Crippen LogP contribution in [0.3, 0.4) is 0 Å². The first-order valence-electron chi connectivity index (χ1n) is 7.19. The summed E-state index contributed by atoms with van der Waals surface area (Å²) in [5, 5.41) is 9.43. The van der Waals surface area contributed by atoms with Crippen LogP contribution in [0.15, 0.2) is 24.3 Å². The predicted octanol–water partition coefficient (Wildman–Crippen LogP) is 3.46. The molecule has 0 bridgehead atoms. The van der Waals surface area contributed by atoms with Gasteiger partial charge in [0.2, 0.25) is 0 Å². The maximum atomic E-state index is 11.5. The molecule has 3 nitrogen and oxygen atoms in total. The molecule has 0 radical (unpaired) electrons. The number of hydrogen-bond acceptors (Lipinski definition) is 2. The van der Waals surface area contributed by atoms with E-state index < -0.39 is 5.97 Å². The molecular weight excluding hydrogens is 238 g/mol. The number of benzene rings is 1. The number of carbonyl (C=O) groups is 1. The largest absolute Gasteiger partial charge is 0.481 e. The molecule has 19 heavy (non-hydrogen) atoms. The molecule has 1 aromatic rings. The summed E-state index contributed by atoms with van der Waals surface area (Å²) < 4.78 is 0. The molecule has 0 heterocycles. The summed E-state index contributed by atoms with van der Waals surface area (Å²) in [4.78, 5) is 13.7. The molecule has 1 aliphatic carbocycles. The van der Waals surface area contributed by atoms with Gasteiger partial charge in [0.1, 0.15) is 0 Å². The van der Waals surface area contributed by atoms with Crippen LogP contribution < -0.4 is 4.90 Å². The first kappa shape index (κ1) is 13.9. The van der Waals surface area contributed by atoms with Crippen LogP contribution in [-0.2, 0) is 4.79 Å². The van der Waals surface area contributed by atoms with Crippen molar-refractivity contribution in [3.63, 3.8) is 0 Å². The number of nitrogens with zero attached hydrogens (tertiary/aromatic N) is 1. The standard InChI is InChI=1S/C16H23NO2/c1-3-17(13-8-6-7-12(2)11-13)15-10-5-4-9-14(15)16(18)19/h6-8,11,14-15H,3-5,9-10H2,1-2H3,(H,18,19). The molecule has 1 aliphatic rings. The number of aryl methyl sites for hydroxylation is 1. The molecule has 0 spiro atoms. The number of carboxylic acid groups (broad SMARTS) is 1. The Balaban J connectivity index is 2.26. The van der Waals surface area contributed by atoms with Gasteiger partial charge >= 0.3 is 5.97 Å². The third-order valence-corrected chi connectivity index (χ3v) is 4.12. The Morgan fingerprint density at radius 1 is 1.37 bits per heavy atom. The third-order valence-electron chi connectivity index (χ3n) is 4.12. The summed E-state index contributed by atoms with van der Waals surface area (Å²) in [5.41, 5.74) is 2.37. The van der Waals surface area contributed by atoms with E-state index in [0.717, 1.165) is 37.9 Å². The van der Waals surface area contributed by atoms with E-state index in [9.17, 15) is 9.90 Å². The lowest BCUT2D eigenvalue weighted by Crippen LogP contribution is -2.45. The highest BCUT2D eigenvalue weighted by Gasteiger charge is 2.34. The lowest BCUT2D eigenvalue weighted by molar-refractivity contribution is -0.143. The lowest BCUT2D eigenvalue weighted by Gasteiger charge is -2.39. The second-order valence-electron chi connectivity index (χ2n) is 5.42. The summed E-state index contributed by atoms with van der Waals surface area (Å²) in [5.74, 6) is -0.870. The van der Waals surface area contributed by atoms with E-state index in [4.69, 9.17) is 0 Å². The van der Waals surface area contributed by atoms with Crippen molar-refractivity contribution < 1.29 is 9.90 Å². The van der Waals surface area contributed by atoms with Crippen LogP contribution >= 0.6 is 0 Å². The summed E-state index contributed by atoms with van der Waals surface area (Å²) in [6.45, 7) is 5.04. The second kappa shape index (κ2) is 6.09. The third kappa shape index (κ3) is 3.09. The van der Waals surface area contributed by atoms with Crippen molar-refractivity contribution in [1.29, 1.82) is 0 Å². The highest BCUT2D eigenvalue weighted by molar-refractivity contribution is 5.72. The van der Waals surface area contributed by atoms with Crippen molar-refractivity contribution in [1.82, 2.24) is 0 Å². The Bertz CT molecular complexity index is 444. The molecule has 2 rings (SSSR count). The monoisotopic (exact) mass is 261 g/mol. The van der Waals surface area contributed by atoms with Crippen LogP contribution in [0.25, 0.3) is 0 Å². The zero-order valence-electron chi connectivity index (χ0n) is 11.8. The minimum Gasteiger partial charge on any atom is -0.481 e. The molecule has 0 saturated heterocycles. The van der Waals surface area contributed by atoms with E-state index in [1.807, 2.05) is 6.07 Å². The Morgan fingerprint density at radius 3 is 2.74 bits per heavy atom. The fraction of sp³-hybridized carbons (Fsp3) is 0.562. The Morgan fingerprint density at radius 2 is 2.11 bits per heavy atom. The van der Waals surface area contributed by atoms with Crippen LogP contribution in [0.5, 0.6) is 0 Å². The van der Waals surface area contributed by atoms with Crippen molar-refractivity contribution in [3.05, 3.63) is 29.8 Å². The van der Waals surface area contributed by atoms with Gasteiger partial charge in [-0.1, -0.05) is 25.0 Å². The molecular formula is C16H23NO2. The molecule has 1 saturated carbocycles. The van der Waals surface area contributed by atoms with Gasteiger partial charge in [-0.05, 0) is 44.4 Å². The van der Waals surface area contributed by atoms with Gasteiger partial charge in [-0.25, -0.2) is 0 Å². The molecule has 0 amide bonds. The Kier molecular flexibility index (Phi) is 4.46. The van der Waals surface area contributed by atoms with E-state index in [-0.39, 0.29) is 12.0 Å². The van der Waals surface area contributed by atoms with Crippen molar-refractivity contribution in [2.24, 2.45) is 5.92 Å². The Labute approximate surface area is 115 Å². The highest BCUT2D eigenvalue weighted by Crippen LogP contribution is 2.32. The van der Waals surface area contributed by atoms with Gasteiger partial charge in [0, 0.05) is 18.3 Å². The van der Waals surface area contributed by atoms with E-state index in [1.165, 1.54) is 5.56 Å². The van der Waals surface area contributed by atoms with Gasteiger partial charge in [0.25, 0.3) is 0 Å². The number of anilines is 1. The molecule has 0 aliphatic heterocycles. The summed E-state index contributed by atoms with van der Waals surface area (Å²) >= 11 is 0. The van der Waals surface area contributed by atoms with Crippen LogP contribution in [0.2, 0.25) is 0 Å². The topological polar surface area (TPSA) is 40.5 Å². The van der Waals surface area contributed by atoms with E-state index in [0.29, 0.717) is 0 Å². The highest BCUT2D eigenvalue weighted by atomic mass is 16.4. The van der Waals surface area contributed by atoms with Crippen LogP contribution in [-0.4, -0.2) is 23.7 Å². The second-order valence-corrected chi connectivity index (χ2v) is 5.42. The quantitative estimate of drug-likeness (QED) is 0.902. The molecule has 104 valence electrons. The minimum absolute atomic E-state index is 0.137. The van der Waals surface area contributed by atoms with Crippen LogP contribution in [0.1, 0.15) is 38.2 Å². The van der Waals surface area contributed by atoms with Gasteiger partial charge in [0.05, 0.1) is 5.92 Å². The number of aliphatic carboxylic acids is 1. The molecule has 1 aromatic carbocycles. The summed E-state index contributed by atoms with van der Waals surface area (Å²) in [6.07, 6.45) is 3.97. The van der Waals surface area contributed by atoms with E-state index in [1.54, 1.807) is 0 Å². The first-order chi connectivity index (χ1) is 9.13. The average Bonchev–Trinajstić information content (AvgIpc) is 2.40. The van der Waals surface area contributed by atoms with Crippen molar-refractivity contribution in [3.8, 4) is 0 Å². The number of hydrogen-bond donors (Lipinski definition) is 1. The zero-order chi connectivity index (χ0) is 13.8. The van der Waals surface area contributed by atoms with Crippen molar-refractivity contribution >= 4 is 11.7 Å². The fourth-order valence-corrected chi connectivity index (χ4v) is 3.19. The molecule has 1 N–H and O–H groups in total. The summed E-state index contributed by atoms with van der Waals surface area (Å²) in [7, 11) is 0. The van der Waals surface area contributed by atoms with Gasteiger partial charge in [-0.3, -0.25) is 4.79 Å². The van der Waals surface area contributed by atoms with Crippen LogP contribution in [0, 0.1) is 12.8 Å². The maximum Gasteiger partial charge on any atom is 0.308 e. The molecule has 1 fully saturated rings. The molecule has 2 unspecified atom stereocenters. The van der Waals surface area contributed by atoms with Gasteiger partial charge < -0.3 is 10.0 Å². The predicted molar refractivity (Wildman–Crippen MR) is 77.6 cm³/mol. The first-order valence-corrected chi connectivity index (χ1v) is 7.19. The van der Waals surface area contributed by atoms with E-state index >= 15 is 0 Å². The zero-order valence-corrected chi connectivity index (χ0v) is 11.8. The molecule has 0 aromatic heterocycles.